The molecule has 0 aromatic heterocycles. The van der Waals surface area contributed by atoms with E-state index in [1.807, 2.05) is 4.83 Å². The molecule has 0 aliphatic carbocycles. The molecular weight excluding hydrogens is 394 g/mol. The van der Waals surface area contributed by atoms with E-state index < -0.39 is 20.6 Å². The molecular formula is C16H17N3O8S. The number of nitrogens with zero attached hydrogens (tertiary/aromatic N) is 2. The van der Waals surface area contributed by atoms with Gasteiger partial charge in [0.2, 0.25) is 0 Å². The molecule has 11 nitrogen and oxygen atoms in total. The third-order valence-corrected chi connectivity index (χ3v) is 4.81. The van der Waals surface area contributed by atoms with Gasteiger partial charge in [0.25, 0.3) is 15.7 Å². The van der Waals surface area contributed by atoms with Crippen molar-refractivity contribution in [2.24, 2.45) is 5.10 Å². The summed E-state index contributed by atoms with van der Waals surface area (Å²) in [7, 11) is -0.260. The summed E-state index contributed by atoms with van der Waals surface area (Å²) in [5.41, 5.74) is -0.569. The number of phenolic OH excluding ortho intramolecular Hbond substituents is 1. The molecule has 28 heavy (non-hydrogen) atoms. The Morgan fingerprint density at radius 3 is 2.36 bits per heavy atom. The molecule has 12 heteroatoms. The highest BCUT2D eigenvalue weighted by atomic mass is 32.2. The number of hydrazone groups is 1. The Hall–Kier alpha value is -3.54. The zero-order chi connectivity index (χ0) is 20.9. The Balaban J connectivity index is 2.37. The fourth-order valence-corrected chi connectivity index (χ4v) is 3.18. The molecule has 2 N–H and O–H groups in total. The largest absolute Gasteiger partial charge is 0.504 e. The highest BCUT2D eigenvalue weighted by molar-refractivity contribution is 7.89. The van der Waals surface area contributed by atoms with Gasteiger partial charge in [0.15, 0.2) is 11.5 Å². The second-order valence-corrected chi connectivity index (χ2v) is 6.84. The number of benzene rings is 2. The minimum Gasteiger partial charge on any atom is -0.504 e. The van der Waals surface area contributed by atoms with Gasteiger partial charge in [0, 0.05) is 6.07 Å². The Morgan fingerprint density at radius 2 is 1.79 bits per heavy atom. The summed E-state index contributed by atoms with van der Waals surface area (Å²) >= 11 is 0. The molecule has 2 aromatic rings. The number of hydrogen-bond donors (Lipinski definition) is 2. The quantitative estimate of drug-likeness (QED) is 0.378. The van der Waals surface area contributed by atoms with Gasteiger partial charge in [-0.05, 0) is 18.2 Å². The zero-order valence-electron chi connectivity index (χ0n) is 15.1. The van der Waals surface area contributed by atoms with E-state index in [0.717, 1.165) is 18.3 Å². The fourth-order valence-electron chi connectivity index (χ4n) is 2.21. The number of hydrogen-bond acceptors (Lipinski definition) is 9. The van der Waals surface area contributed by atoms with Crippen molar-refractivity contribution in [1.82, 2.24) is 4.83 Å². The van der Waals surface area contributed by atoms with Crippen molar-refractivity contribution in [1.29, 1.82) is 0 Å². The molecule has 0 heterocycles. The molecule has 0 saturated carbocycles. The number of nitrogens with one attached hydrogen (secondary N) is 1. The van der Waals surface area contributed by atoms with E-state index in [1.165, 1.54) is 39.5 Å². The molecule has 0 fully saturated rings. The van der Waals surface area contributed by atoms with E-state index in [9.17, 15) is 23.6 Å². The summed E-state index contributed by atoms with van der Waals surface area (Å²) in [6.07, 6.45) is 0.890. The lowest BCUT2D eigenvalue weighted by atomic mass is 10.1. The van der Waals surface area contributed by atoms with Gasteiger partial charge in [0.1, 0.15) is 16.4 Å². The van der Waals surface area contributed by atoms with Crippen LogP contribution in [0.2, 0.25) is 0 Å². The van der Waals surface area contributed by atoms with E-state index in [0.29, 0.717) is 0 Å². The first kappa shape index (κ1) is 20.8. The van der Waals surface area contributed by atoms with Crippen LogP contribution in [0.15, 0.2) is 40.3 Å². The first-order chi connectivity index (χ1) is 13.2. The SMILES string of the molecule is COc1ccc(OC)c(S(=O)(=O)N/N=C/c2cc(O)c(OC)cc2[N+](=O)[O-])c1. The molecule has 2 rings (SSSR count). The average Bonchev–Trinajstić information content (AvgIpc) is 2.67. The van der Waals surface area contributed by atoms with Gasteiger partial charge in [0.05, 0.1) is 44.1 Å². The number of nitro groups is 1. The predicted octanol–water partition coefficient (Wildman–Crippen LogP) is 1.64. The van der Waals surface area contributed by atoms with Crippen molar-refractivity contribution < 1.29 is 32.7 Å². The van der Waals surface area contributed by atoms with Crippen LogP contribution in [0.3, 0.4) is 0 Å². The van der Waals surface area contributed by atoms with Crippen LogP contribution in [0.5, 0.6) is 23.0 Å². The zero-order valence-corrected chi connectivity index (χ0v) is 15.9. The molecule has 0 atom stereocenters. The van der Waals surface area contributed by atoms with Crippen molar-refractivity contribution >= 4 is 21.9 Å². The van der Waals surface area contributed by atoms with Crippen molar-refractivity contribution in [3.63, 3.8) is 0 Å². The summed E-state index contributed by atoms with van der Waals surface area (Å²) in [6, 6.07) is 6.18. The molecule has 0 amide bonds. The minimum absolute atomic E-state index is 0.0524. The van der Waals surface area contributed by atoms with Crippen LogP contribution in [-0.4, -0.2) is 46.0 Å². The molecule has 0 aliphatic rings. The third-order valence-electron chi connectivity index (χ3n) is 3.56. The van der Waals surface area contributed by atoms with Crippen LogP contribution < -0.4 is 19.0 Å². The molecule has 0 bridgehead atoms. The average molecular weight is 411 g/mol. The summed E-state index contributed by atoms with van der Waals surface area (Å²) < 4.78 is 39.8. The first-order valence-electron chi connectivity index (χ1n) is 7.55. The standard InChI is InChI=1S/C16H17N3O8S/c1-25-11-4-5-14(26-2)16(7-11)28(23,24)18-17-9-10-6-13(20)15(27-3)8-12(10)19(21)22/h4-9,18,20H,1-3H3/b17-9+. The van der Waals surface area contributed by atoms with Crippen LogP contribution >= 0.6 is 0 Å². The maximum absolute atomic E-state index is 12.5. The number of aromatic hydroxyl groups is 1. The van der Waals surface area contributed by atoms with Crippen molar-refractivity contribution in [2.45, 2.75) is 4.90 Å². The Kier molecular flexibility index (Phi) is 6.26. The maximum Gasteiger partial charge on any atom is 0.282 e. The molecule has 0 saturated heterocycles. The minimum atomic E-state index is -4.17. The summed E-state index contributed by atoms with van der Waals surface area (Å²) in [4.78, 5) is 12.2. The monoisotopic (exact) mass is 411 g/mol. The Labute approximate surface area is 160 Å². The predicted molar refractivity (Wildman–Crippen MR) is 98.8 cm³/mol. The molecule has 0 aliphatic heterocycles. The van der Waals surface area contributed by atoms with E-state index in [2.05, 4.69) is 5.10 Å². The summed E-state index contributed by atoms with van der Waals surface area (Å²) in [5, 5.41) is 24.5. The van der Waals surface area contributed by atoms with Gasteiger partial charge in [-0.1, -0.05) is 0 Å². The summed E-state index contributed by atoms with van der Waals surface area (Å²) in [6.45, 7) is 0. The number of rotatable bonds is 8. The van der Waals surface area contributed by atoms with Gasteiger partial charge < -0.3 is 19.3 Å². The van der Waals surface area contributed by atoms with E-state index in [4.69, 9.17) is 14.2 Å². The summed E-state index contributed by atoms with van der Waals surface area (Å²) in [5.74, 6) is -0.144. The topological polar surface area (TPSA) is 150 Å². The highest BCUT2D eigenvalue weighted by Gasteiger charge is 2.21. The van der Waals surface area contributed by atoms with Crippen LogP contribution in [0, 0.1) is 10.1 Å². The number of phenols is 1. The maximum atomic E-state index is 12.5. The lowest BCUT2D eigenvalue weighted by Crippen LogP contribution is -2.19. The van der Waals surface area contributed by atoms with E-state index in [1.54, 1.807) is 0 Å². The van der Waals surface area contributed by atoms with Gasteiger partial charge in [-0.2, -0.15) is 18.4 Å². The van der Waals surface area contributed by atoms with Crippen LogP contribution in [0.4, 0.5) is 5.69 Å². The smallest absolute Gasteiger partial charge is 0.282 e. The van der Waals surface area contributed by atoms with Crippen LogP contribution in [0.1, 0.15) is 5.56 Å². The number of ether oxygens (including phenoxy) is 3. The molecule has 150 valence electrons. The first-order valence-corrected chi connectivity index (χ1v) is 9.04. The van der Waals surface area contributed by atoms with Gasteiger partial charge in [-0.3, -0.25) is 10.1 Å². The fraction of sp³-hybridized carbons (Fsp3) is 0.188. The Morgan fingerprint density at radius 1 is 1.11 bits per heavy atom. The van der Waals surface area contributed by atoms with E-state index in [-0.39, 0.29) is 33.5 Å². The van der Waals surface area contributed by atoms with E-state index >= 15 is 0 Å². The molecule has 0 unspecified atom stereocenters. The normalized spacial score (nSPS) is 11.2. The van der Waals surface area contributed by atoms with Crippen molar-refractivity contribution in [3.05, 3.63) is 46.0 Å². The lowest BCUT2D eigenvalue weighted by Gasteiger charge is -2.10. The number of methoxy groups -OCH3 is 3. The number of sulfonamides is 1. The third kappa shape index (κ3) is 4.40. The van der Waals surface area contributed by atoms with Crippen molar-refractivity contribution in [3.8, 4) is 23.0 Å². The van der Waals surface area contributed by atoms with Crippen LogP contribution in [-0.2, 0) is 10.0 Å². The van der Waals surface area contributed by atoms with Gasteiger partial charge >= 0.3 is 0 Å². The molecule has 0 spiro atoms. The van der Waals surface area contributed by atoms with Crippen LogP contribution in [0.25, 0.3) is 0 Å². The van der Waals surface area contributed by atoms with Crippen molar-refractivity contribution in [2.75, 3.05) is 21.3 Å². The Bertz CT molecular complexity index is 1020. The second-order valence-electron chi connectivity index (χ2n) is 5.21. The second kappa shape index (κ2) is 8.43. The highest BCUT2D eigenvalue weighted by Crippen LogP contribution is 2.33. The molecule has 2 aromatic carbocycles. The van der Waals surface area contributed by atoms with Gasteiger partial charge in [-0.15, -0.1) is 0 Å². The van der Waals surface area contributed by atoms with Gasteiger partial charge in [-0.25, -0.2) is 0 Å². The lowest BCUT2D eigenvalue weighted by molar-refractivity contribution is -0.385. The molecule has 0 radical (unpaired) electrons. The number of nitro benzene ring substituents is 1.